The van der Waals surface area contributed by atoms with Crippen LogP contribution in [-0.2, 0) is 6.54 Å². The molecule has 0 saturated heterocycles. The van der Waals surface area contributed by atoms with E-state index < -0.39 is 11.6 Å². The van der Waals surface area contributed by atoms with E-state index in [9.17, 15) is 8.78 Å². The van der Waals surface area contributed by atoms with Crippen molar-refractivity contribution in [3.05, 3.63) is 46.5 Å². The summed E-state index contributed by atoms with van der Waals surface area (Å²) in [6.45, 7) is 3.69. The fourth-order valence-corrected chi connectivity index (χ4v) is 1.25. The van der Waals surface area contributed by atoms with Crippen LogP contribution in [0.4, 0.5) is 8.78 Å². The molecular weight excluding hydrogens is 234 g/mol. The Bertz CT molecular complexity index is 429. The highest BCUT2D eigenvalue weighted by Gasteiger charge is 2.10. The van der Waals surface area contributed by atoms with E-state index in [0.717, 1.165) is 12.1 Å². The van der Waals surface area contributed by atoms with Gasteiger partial charge in [-0.3, -0.25) is 0 Å². The molecule has 0 spiro atoms. The van der Waals surface area contributed by atoms with E-state index in [-0.39, 0.29) is 24.2 Å². The van der Waals surface area contributed by atoms with Crippen LogP contribution >= 0.6 is 11.6 Å². The van der Waals surface area contributed by atoms with Gasteiger partial charge in [-0.2, -0.15) is 5.26 Å². The molecule has 16 heavy (non-hydrogen) atoms. The molecule has 0 fully saturated rings. The Morgan fingerprint density at radius 3 is 2.44 bits per heavy atom. The number of nitrogens with one attached hydrogen (secondary N) is 1. The second kappa shape index (κ2) is 5.59. The van der Waals surface area contributed by atoms with Crippen molar-refractivity contribution in [2.45, 2.75) is 6.54 Å². The van der Waals surface area contributed by atoms with Crippen molar-refractivity contribution in [2.75, 3.05) is 6.54 Å². The summed E-state index contributed by atoms with van der Waals surface area (Å²) in [5.74, 6) is -1.49. The van der Waals surface area contributed by atoms with E-state index in [1.807, 2.05) is 0 Å². The maximum atomic E-state index is 13.3. The third-order valence-corrected chi connectivity index (χ3v) is 2.02. The maximum Gasteiger partial charge on any atom is 0.131 e. The lowest BCUT2D eigenvalue weighted by Gasteiger charge is -2.06. The second-order valence-electron chi connectivity index (χ2n) is 3.15. The van der Waals surface area contributed by atoms with Crippen molar-refractivity contribution in [2.24, 2.45) is 0 Å². The summed E-state index contributed by atoms with van der Waals surface area (Å²) in [5.41, 5.74) is -0.155. The number of rotatable bonds is 4. The van der Waals surface area contributed by atoms with Crippen molar-refractivity contribution in [3.8, 4) is 6.07 Å². The van der Waals surface area contributed by atoms with Gasteiger partial charge in [0.1, 0.15) is 11.6 Å². The predicted octanol–water partition coefficient (Wildman–Crippen LogP) is 2.68. The highest BCUT2D eigenvalue weighted by Crippen LogP contribution is 2.15. The summed E-state index contributed by atoms with van der Waals surface area (Å²) in [7, 11) is 0. The molecule has 0 atom stereocenters. The van der Waals surface area contributed by atoms with Gasteiger partial charge in [-0.15, -0.1) is 0 Å². The van der Waals surface area contributed by atoms with Gasteiger partial charge in [-0.05, 0) is 12.1 Å². The van der Waals surface area contributed by atoms with Gasteiger partial charge in [-0.25, -0.2) is 8.78 Å². The molecular formula is C11H9ClF2N2. The third kappa shape index (κ3) is 3.30. The quantitative estimate of drug-likeness (QED) is 0.881. The van der Waals surface area contributed by atoms with Crippen molar-refractivity contribution >= 4 is 11.6 Å². The van der Waals surface area contributed by atoms with Crippen LogP contribution < -0.4 is 5.32 Å². The Hall–Kier alpha value is -1.44. The number of nitriles is 1. The van der Waals surface area contributed by atoms with Crippen LogP contribution in [0.15, 0.2) is 23.7 Å². The van der Waals surface area contributed by atoms with Crippen molar-refractivity contribution < 1.29 is 8.78 Å². The van der Waals surface area contributed by atoms with Gasteiger partial charge in [0, 0.05) is 23.7 Å². The minimum atomic E-state index is -0.746. The number of hydrogen-bond donors (Lipinski definition) is 1. The van der Waals surface area contributed by atoms with E-state index in [1.165, 1.54) is 0 Å². The molecule has 84 valence electrons. The molecule has 0 unspecified atom stereocenters. The SMILES string of the molecule is C=C(Cl)CNCc1c(F)cc(C#N)cc1F. The highest BCUT2D eigenvalue weighted by molar-refractivity contribution is 6.29. The molecule has 1 N–H and O–H groups in total. The molecule has 2 nitrogen and oxygen atoms in total. The molecule has 0 aliphatic heterocycles. The zero-order chi connectivity index (χ0) is 12.1. The molecule has 0 bridgehead atoms. The summed E-state index contributed by atoms with van der Waals surface area (Å²) in [5, 5.41) is 11.6. The topological polar surface area (TPSA) is 35.8 Å². The first-order chi connectivity index (χ1) is 7.54. The lowest BCUT2D eigenvalue weighted by Crippen LogP contribution is -2.16. The van der Waals surface area contributed by atoms with Crippen LogP contribution in [0.1, 0.15) is 11.1 Å². The molecule has 1 rings (SSSR count). The molecule has 0 aliphatic rings. The smallest absolute Gasteiger partial charge is 0.131 e. The molecule has 0 radical (unpaired) electrons. The summed E-state index contributed by atoms with van der Waals surface area (Å²) in [6, 6.07) is 3.67. The largest absolute Gasteiger partial charge is 0.308 e. The van der Waals surface area contributed by atoms with Crippen LogP contribution in [0, 0.1) is 23.0 Å². The van der Waals surface area contributed by atoms with Crippen LogP contribution in [-0.4, -0.2) is 6.54 Å². The Kier molecular flexibility index (Phi) is 4.41. The van der Waals surface area contributed by atoms with Crippen LogP contribution in [0.3, 0.4) is 0 Å². The van der Waals surface area contributed by atoms with E-state index in [4.69, 9.17) is 16.9 Å². The Morgan fingerprint density at radius 1 is 1.44 bits per heavy atom. The fraction of sp³-hybridized carbons (Fsp3) is 0.182. The molecule has 0 aliphatic carbocycles. The van der Waals surface area contributed by atoms with Gasteiger partial charge < -0.3 is 5.32 Å². The van der Waals surface area contributed by atoms with Gasteiger partial charge in [0.15, 0.2) is 0 Å². The summed E-state index contributed by atoms with van der Waals surface area (Å²) < 4.78 is 26.7. The normalized spacial score (nSPS) is 9.88. The van der Waals surface area contributed by atoms with Crippen molar-refractivity contribution in [3.63, 3.8) is 0 Å². The molecule has 1 aromatic carbocycles. The maximum absolute atomic E-state index is 13.3. The zero-order valence-electron chi connectivity index (χ0n) is 8.36. The second-order valence-corrected chi connectivity index (χ2v) is 3.69. The Labute approximate surface area is 97.1 Å². The zero-order valence-corrected chi connectivity index (χ0v) is 9.11. The first kappa shape index (κ1) is 12.6. The van der Waals surface area contributed by atoms with E-state index >= 15 is 0 Å². The predicted molar refractivity (Wildman–Crippen MR) is 57.8 cm³/mol. The minimum Gasteiger partial charge on any atom is -0.308 e. The molecule has 1 aromatic rings. The molecule has 0 heterocycles. The van der Waals surface area contributed by atoms with Crippen LogP contribution in [0.5, 0.6) is 0 Å². The number of hydrogen-bond acceptors (Lipinski definition) is 2. The highest BCUT2D eigenvalue weighted by atomic mass is 35.5. The lowest BCUT2D eigenvalue weighted by molar-refractivity contribution is 0.541. The summed E-state index contributed by atoms with van der Waals surface area (Å²) >= 11 is 5.48. The van der Waals surface area contributed by atoms with Gasteiger partial charge in [0.05, 0.1) is 11.6 Å². The Balaban J connectivity index is 2.81. The standard InChI is InChI=1S/C11H9ClF2N2/c1-7(12)5-16-6-9-10(13)2-8(4-15)3-11(9)14/h2-3,16H,1,5-6H2. The van der Waals surface area contributed by atoms with Gasteiger partial charge in [0.25, 0.3) is 0 Å². The molecule has 0 amide bonds. The lowest BCUT2D eigenvalue weighted by atomic mass is 10.1. The van der Waals surface area contributed by atoms with Crippen LogP contribution in [0.2, 0.25) is 0 Å². The van der Waals surface area contributed by atoms with E-state index in [1.54, 1.807) is 6.07 Å². The van der Waals surface area contributed by atoms with Gasteiger partial charge in [-0.1, -0.05) is 18.2 Å². The average molecular weight is 243 g/mol. The van der Waals surface area contributed by atoms with Crippen molar-refractivity contribution in [1.29, 1.82) is 5.26 Å². The van der Waals surface area contributed by atoms with Crippen LogP contribution in [0.25, 0.3) is 0 Å². The van der Waals surface area contributed by atoms with Gasteiger partial charge >= 0.3 is 0 Å². The molecule has 0 aromatic heterocycles. The van der Waals surface area contributed by atoms with Gasteiger partial charge in [0.2, 0.25) is 0 Å². The number of nitrogens with zero attached hydrogens (tertiary/aromatic N) is 1. The molecule has 0 saturated carbocycles. The average Bonchev–Trinajstić information content (AvgIpc) is 2.21. The Morgan fingerprint density at radius 2 is 2.00 bits per heavy atom. The molecule has 5 heteroatoms. The first-order valence-electron chi connectivity index (χ1n) is 4.46. The van der Waals surface area contributed by atoms with E-state index in [0.29, 0.717) is 5.03 Å². The summed E-state index contributed by atoms with van der Waals surface area (Å²) in [4.78, 5) is 0. The third-order valence-electron chi connectivity index (χ3n) is 1.89. The number of halogens is 3. The fourth-order valence-electron chi connectivity index (χ4n) is 1.16. The first-order valence-corrected chi connectivity index (χ1v) is 4.84. The summed E-state index contributed by atoms with van der Waals surface area (Å²) in [6.07, 6.45) is 0. The van der Waals surface area contributed by atoms with E-state index in [2.05, 4.69) is 11.9 Å². The number of benzene rings is 1. The van der Waals surface area contributed by atoms with Crippen molar-refractivity contribution in [1.82, 2.24) is 5.32 Å². The monoisotopic (exact) mass is 242 g/mol. The minimum absolute atomic E-state index is 0.00485.